The normalized spacial score (nSPS) is 17.4. The molecule has 3 heterocycles. The van der Waals surface area contributed by atoms with E-state index < -0.39 is 0 Å². The number of nitrogens with one attached hydrogen (secondary N) is 3. The molecule has 1 aliphatic carbocycles. The van der Waals surface area contributed by atoms with Gasteiger partial charge in [0.25, 0.3) is 0 Å². The lowest BCUT2D eigenvalue weighted by Crippen LogP contribution is -2.45. The van der Waals surface area contributed by atoms with E-state index in [0.29, 0.717) is 5.95 Å². The molecule has 8 nitrogen and oxygen atoms in total. The van der Waals surface area contributed by atoms with Crippen molar-refractivity contribution in [1.29, 1.82) is 5.41 Å². The van der Waals surface area contributed by atoms with Crippen molar-refractivity contribution in [3.05, 3.63) is 46.9 Å². The summed E-state index contributed by atoms with van der Waals surface area (Å²) in [6.07, 6.45) is 6.94. The van der Waals surface area contributed by atoms with Crippen LogP contribution in [0.1, 0.15) is 44.0 Å². The summed E-state index contributed by atoms with van der Waals surface area (Å²) in [6, 6.07) is 4.38. The molecule has 0 spiro atoms. The van der Waals surface area contributed by atoms with Crippen molar-refractivity contribution in [2.45, 2.75) is 46.2 Å². The zero-order valence-corrected chi connectivity index (χ0v) is 19.4. The molecule has 2 aliphatic rings. The van der Waals surface area contributed by atoms with Gasteiger partial charge in [0.05, 0.1) is 11.4 Å². The molecule has 0 aromatic carbocycles. The first-order valence-electron chi connectivity index (χ1n) is 11.6. The average molecular weight is 435 g/mol. The maximum absolute atomic E-state index is 7.78. The average Bonchev–Trinajstić information content (AvgIpc) is 2.81. The molecule has 4 rings (SSSR count). The third kappa shape index (κ3) is 5.31. The molecule has 8 heteroatoms. The number of allylic oxidation sites excluding steroid dienone is 1. The van der Waals surface area contributed by atoms with E-state index in [1.807, 2.05) is 18.5 Å². The van der Waals surface area contributed by atoms with Crippen molar-refractivity contribution in [2.24, 2.45) is 0 Å². The predicted octanol–water partition coefficient (Wildman–Crippen LogP) is 3.06. The van der Waals surface area contributed by atoms with Gasteiger partial charge in [-0.25, -0.2) is 15.0 Å². The molecule has 0 saturated carbocycles. The number of likely N-dealkylation sites (N-methyl/N-ethyl adjacent to an activating group) is 1. The Balaban J connectivity index is 1.44. The van der Waals surface area contributed by atoms with Gasteiger partial charge in [-0.15, -0.1) is 0 Å². The summed E-state index contributed by atoms with van der Waals surface area (Å²) in [5, 5.41) is 14.5. The molecule has 32 heavy (non-hydrogen) atoms. The first-order valence-corrected chi connectivity index (χ1v) is 11.6. The summed E-state index contributed by atoms with van der Waals surface area (Å²) in [6.45, 7) is 13.0. The van der Waals surface area contributed by atoms with E-state index >= 15 is 0 Å². The molecule has 2 aromatic rings. The molecule has 0 bridgehead atoms. The van der Waals surface area contributed by atoms with E-state index in [2.05, 4.69) is 57.2 Å². The van der Waals surface area contributed by atoms with E-state index in [0.717, 1.165) is 80.5 Å². The summed E-state index contributed by atoms with van der Waals surface area (Å²) in [5.74, 6) is 1.25. The third-order valence-electron chi connectivity index (χ3n) is 6.08. The lowest BCUT2D eigenvalue weighted by molar-refractivity contribution is 0.132. The van der Waals surface area contributed by atoms with E-state index in [1.165, 1.54) is 11.8 Å². The number of anilines is 2. The second kappa shape index (κ2) is 10.2. The molecule has 1 fully saturated rings. The van der Waals surface area contributed by atoms with Gasteiger partial charge in [0.15, 0.2) is 0 Å². The maximum Gasteiger partial charge on any atom is 0.228 e. The van der Waals surface area contributed by atoms with E-state index in [1.54, 1.807) is 0 Å². The van der Waals surface area contributed by atoms with Crippen molar-refractivity contribution in [1.82, 2.24) is 30.1 Å². The number of hydrogen-bond donors (Lipinski definition) is 3. The Labute approximate surface area is 190 Å². The van der Waals surface area contributed by atoms with Gasteiger partial charge in [-0.1, -0.05) is 13.0 Å². The third-order valence-corrected chi connectivity index (χ3v) is 6.08. The van der Waals surface area contributed by atoms with E-state index in [9.17, 15) is 0 Å². The second-order valence-corrected chi connectivity index (χ2v) is 8.80. The van der Waals surface area contributed by atoms with E-state index in [4.69, 9.17) is 10.4 Å². The van der Waals surface area contributed by atoms with Crippen LogP contribution in [0.2, 0.25) is 0 Å². The summed E-state index contributed by atoms with van der Waals surface area (Å²) in [4.78, 5) is 18.8. The van der Waals surface area contributed by atoms with Crippen molar-refractivity contribution in [3.8, 4) is 0 Å². The lowest BCUT2D eigenvalue weighted by atomic mass is 9.94. The van der Waals surface area contributed by atoms with Gasteiger partial charge < -0.3 is 20.9 Å². The Hall–Kier alpha value is -2.84. The minimum atomic E-state index is 0.261. The summed E-state index contributed by atoms with van der Waals surface area (Å²) >= 11 is 0. The number of aryl methyl sites for hydroxylation is 1. The number of nitrogens with zero attached hydrogens (tertiary/aromatic N) is 5. The van der Waals surface area contributed by atoms with Crippen LogP contribution in [0.4, 0.5) is 11.8 Å². The monoisotopic (exact) mass is 434 g/mol. The van der Waals surface area contributed by atoms with Crippen molar-refractivity contribution in [3.63, 3.8) is 0 Å². The van der Waals surface area contributed by atoms with Crippen LogP contribution in [0, 0.1) is 5.41 Å². The van der Waals surface area contributed by atoms with Crippen LogP contribution in [0.3, 0.4) is 0 Å². The van der Waals surface area contributed by atoms with Crippen molar-refractivity contribution < 1.29 is 0 Å². The summed E-state index contributed by atoms with van der Waals surface area (Å²) < 4.78 is 0. The summed E-state index contributed by atoms with van der Waals surface area (Å²) in [7, 11) is 0. The van der Waals surface area contributed by atoms with Crippen LogP contribution in [0.15, 0.2) is 30.1 Å². The topological polar surface area (TPSA) is 93.1 Å². The number of rotatable bonds is 8. The molecule has 0 atom stereocenters. The van der Waals surface area contributed by atoms with Gasteiger partial charge >= 0.3 is 0 Å². The van der Waals surface area contributed by atoms with Crippen LogP contribution < -0.4 is 10.6 Å². The first kappa shape index (κ1) is 22.4. The van der Waals surface area contributed by atoms with Gasteiger partial charge in [0, 0.05) is 57.4 Å². The van der Waals surface area contributed by atoms with Crippen LogP contribution in [0.5, 0.6) is 0 Å². The highest BCUT2D eigenvalue weighted by molar-refractivity contribution is 5.90. The highest BCUT2D eigenvalue weighted by atomic mass is 15.3. The predicted molar refractivity (Wildman–Crippen MR) is 129 cm³/mol. The zero-order chi connectivity index (χ0) is 22.5. The molecule has 1 aliphatic heterocycles. The number of aromatic nitrogens is 3. The lowest BCUT2D eigenvalue weighted by Gasteiger charge is -2.33. The highest BCUT2D eigenvalue weighted by Gasteiger charge is 2.21. The van der Waals surface area contributed by atoms with Gasteiger partial charge in [-0.3, -0.25) is 4.90 Å². The van der Waals surface area contributed by atoms with Crippen LogP contribution in [0.25, 0.3) is 5.70 Å². The molecule has 0 radical (unpaired) electrons. The number of piperazine rings is 1. The van der Waals surface area contributed by atoms with Gasteiger partial charge in [-0.2, -0.15) is 0 Å². The SMILES string of the molecule is CCN1CCN(Cc2ccc(Nc3ncc4c(n3)C(NC(C)C)=C(C=N)CC4)nc2)CC1. The Kier molecular flexibility index (Phi) is 7.12. The Morgan fingerprint density at radius 3 is 2.50 bits per heavy atom. The van der Waals surface area contributed by atoms with Crippen LogP contribution >= 0.6 is 0 Å². The Morgan fingerprint density at radius 2 is 1.84 bits per heavy atom. The Morgan fingerprint density at radius 1 is 1.06 bits per heavy atom. The molecule has 1 saturated heterocycles. The zero-order valence-electron chi connectivity index (χ0n) is 19.4. The molecular weight excluding hydrogens is 400 g/mol. The van der Waals surface area contributed by atoms with E-state index in [-0.39, 0.29) is 6.04 Å². The molecule has 2 aromatic heterocycles. The molecular formula is C24H34N8. The Bertz CT molecular complexity index is 958. The molecule has 170 valence electrons. The van der Waals surface area contributed by atoms with Crippen LogP contribution in [-0.2, 0) is 13.0 Å². The minimum Gasteiger partial charge on any atom is -0.381 e. The number of fused-ring (bicyclic) bond motifs is 1. The summed E-state index contributed by atoms with van der Waals surface area (Å²) in [5.41, 5.74) is 5.12. The quantitative estimate of drug-likeness (QED) is 0.550. The van der Waals surface area contributed by atoms with Crippen LogP contribution in [-0.4, -0.2) is 69.7 Å². The molecule has 0 amide bonds. The number of hydrogen-bond acceptors (Lipinski definition) is 8. The van der Waals surface area contributed by atoms with Gasteiger partial charge in [0.1, 0.15) is 5.82 Å². The fourth-order valence-electron chi connectivity index (χ4n) is 4.24. The smallest absolute Gasteiger partial charge is 0.228 e. The van der Waals surface area contributed by atoms with Gasteiger partial charge in [-0.05, 0) is 56.0 Å². The molecule has 3 N–H and O–H groups in total. The van der Waals surface area contributed by atoms with Gasteiger partial charge in [0.2, 0.25) is 5.95 Å². The second-order valence-electron chi connectivity index (χ2n) is 8.80. The fourth-order valence-corrected chi connectivity index (χ4v) is 4.24. The standard InChI is InChI=1S/C24H34N8/c1-4-31-9-11-32(12-10-31)16-18-5-8-21(26-14-18)29-24-27-15-20-7-6-19(13-25)22(23(20)30-24)28-17(2)3/h5,8,13-15,17,25,28H,4,6-7,9-12,16H2,1-3H3,(H,26,27,29,30). The first-order chi connectivity index (χ1) is 15.6. The maximum atomic E-state index is 7.78. The highest BCUT2D eigenvalue weighted by Crippen LogP contribution is 2.28. The molecule has 0 unspecified atom stereocenters. The number of pyridine rings is 1. The van der Waals surface area contributed by atoms with Crippen molar-refractivity contribution >= 4 is 23.7 Å². The largest absolute Gasteiger partial charge is 0.381 e. The van der Waals surface area contributed by atoms with Crippen molar-refractivity contribution in [2.75, 3.05) is 38.0 Å². The fraction of sp³-hybridized carbons (Fsp3) is 0.500. The minimum absolute atomic E-state index is 0.261.